The topological polar surface area (TPSA) is 0 Å². The van der Waals surface area contributed by atoms with Crippen LogP contribution >= 0.6 is 11.3 Å². The van der Waals surface area contributed by atoms with Crippen molar-refractivity contribution in [1.82, 2.24) is 0 Å². The minimum atomic E-state index is 0.0738. The Morgan fingerprint density at radius 2 is 1.77 bits per heavy atom. The van der Waals surface area contributed by atoms with Crippen LogP contribution in [0.3, 0.4) is 0 Å². The molecule has 0 spiro atoms. The first-order valence-electron chi connectivity index (χ1n) is 5.05. The first-order chi connectivity index (χ1) is 6.29. The van der Waals surface area contributed by atoms with Crippen molar-refractivity contribution < 1.29 is 4.39 Å². The quantitative estimate of drug-likeness (QED) is 0.591. The van der Waals surface area contributed by atoms with Gasteiger partial charge in [0.25, 0.3) is 0 Å². The average molecular weight is 200 g/mol. The van der Waals surface area contributed by atoms with Gasteiger partial charge in [-0.2, -0.15) is 0 Å². The minimum absolute atomic E-state index is 0.0738. The zero-order chi connectivity index (χ0) is 9.84. The highest BCUT2D eigenvalue weighted by molar-refractivity contribution is 7.12. The molecule has 0 aliphatic heterocycles. The molecular formula is C11H17FS. The van der Waals surface area contributed by atoms with Crippen LogP contribution in [0.15, 0.2) is 0 Å². The Kier molecular flexibility index (Phi) is 3.91. The van der Waals surface area contributed by atoms with E-state index in [1.54, 1.807) is 11.3 Å². The molecule has 1 aromatic rings. The van der Waals surface area contributed by atoms with Crippen LogP contribution in [0.5, 0.6) is 0 Å². The Morgan fingerprint density at radius 3 is 2.38 bits per heavy atom. The van der Waals surface area contributed by atoms with Crippen molar-refractivity contribution in [3.05, 3.63) is 21.1 Å². The monoisotopic (exact) mass is 200 g/mol. The third kappa shape index (κ3) is 2.11. The molecule has 1 aromatic heterocycles. The molecular weight excluding hydrogens is 183 g/mol. The fourth-order valence-electron chi connectivity index (χ4n) is 1.66. The van der Waals surface area contributed by atoms with Crippen LogP contribution < -0.4 is 0 Å². The number of aryl methyl sites for hydroxylation is 2. The molecule has 0 radical (unpaired) electrons. The Morgan fingerprint density at radius 1 is 1.15 bits per heavy atom. The standard InChI is InChI=1S/C9H11FS.C2H6/c1-6-9(10)7-4-2-3-5-8(7)11-6;1-2/h2-5H2,1H3;1-2H3. The van der Waals surface area contributed by atoms with E-state index in [1.807, 2.05) is 20.8 Å². The van der Waals surface area contributed by atoms with Gasteiger partial charge in [0.05, 0.1) is 0 Å². The van der Waals surface area contributed by atoms with Gasteiger partial charge < -0.3 is 0 Å². The molecule has 0 unspecified atom stereocenters. The SMILES string of the molecule is CC.Cc1sc2c(c1F)CCCC2. The van der Waals surface area contributed by atoms with Gasteiger partial charge in [0, 0.05) is 15.3 Å². The molecule has 1 heterocycles. The number of hydrogen-bond acceptors (Lipinski definition) is 1. The molecule has 0 bridgehead atoms. The summed E-state index contributed by atoms with van der Waals surface area (Å²) in [5.74, 6) is 0.0738. The lowest BCUT2D eigenvalue weighted by atomic mass is 9.99. The van der Waals surface area contributed by atoms with Crippen LogP contribution in [-0.4, -0.2) is 0 Å². The second-order valence-electron chi connectivity index (χ2n) is 3.08. The molecule has 1 aliphatic carbocycles. The number of thiophene rings is 1. The maximum absolute atomic E-state index is 13.3. The first-order valence-corrected chi connectivity index (χ1v) is 5.87. The summed E-state index contributed by atoms with van der Waals surface area (Å²) in [6, 6.07) is 0. The zero-order valence-corrected chi connectivity index (χ0v) is 9.43. The maximum Gasteiger partial charge on any atom is 0.140 e. The Labute approximate surface area is 83.8 Å². The fourth-order valence-corrected chi connectivity index (χ4v) is 2.81. The highest BCUT2D eigenvalue weighted by atomic mass is 32.1. The molecule has 0 N–H and O–H groups in total. The highest BCUT2D eigenvalue weighted by Crippen LogP contribution is 2.32. The molecule has 0 nitrogen and oxygen atoms in total. The van der Waals surface area contributed by atoms with E-state index in [4.69, 9.17) is 0 Å². The molecule has 0 amide bonds. The maximum atomic E-state index is 13.3. The predicted molar refractivity (Wildman–Crippen MR) is 57.0 cm³/mol. The van der Waals surface area contributed by atoms with Crippen LogP contribution in [0.2, 0.25) is 0 Å². The van der Waals surface area contributed by atoms with Crippen LogP contribution in [0.4, 0.5) is 4.39 Å². The predicted octanol–water partition coefficient (Wildman–Crippen LogP) is 4.10. The van der Waals surface area contributed by atoms with E-state index >= 15 is 0 Å². The third-order valence-corrected chi connectivity index (χ3v) is 3.45. The minimum Gasteiger partial charge on any atom is -0.205 e. The van der Waals surface area contributed by atoms with E-state index in [0.717, 1.165) is 23.3 Å². The van der Waals surface area contributed by atoms with Gasteiger partial charge >= 0.3 is 0 Å². The van der Waals surface area contributed by atoms with Crippen molar-refractivity contribution in [1.29, 1.82) is 0 Å². The molecule has 0 saturated heterocycles. The largest absolute Gasteiger partial charge is 0.205 e. The van der Waals surface area contributed by atoms with Crippen molar-refractivity contribution in [2.24, 2.45) is 0 Å². The normalized spacial score (nSPS) is 14.5. The van der Waals surface area contributed by atoms with E-state index in [9.17, 15) is 4.39 Å². The second-order valence-corrected chi connectivity index (χ2v) is 4.39. The molecule has 13 heavy (non-hydrogen) atoms. The summed E-state index contributed by atoms with van der Waals surface area (Å²) in [7, 11) is 0. The Bertz CT molecular complexity index is 276. The Balaban J connectivity index is 0.000000396. The number of rotatable bonds is 0. The van der Waals surface area contributed by atoms with Crippen molar-refractivity contribution in [3.63, 3.8) is 0 Å². The van der Waals surface area contributed by atoms with E-state index in [-0.39, 0.29) is 5.82 Å². The summed E-state index contributed by atoms with van der Waals surface area (Å²) in [4.78, 5) is 2.17. The second kappa shape index (κ2) is 4.75. The van der Waals surface area contributed by atoms with Crippen molar-refractivity contribution in [3.8, 4) is 0 Å². The van der Waals surface area contributed by atoms with Crippen molar-refractivity contribution in [2.75, 3.05) is 0 Å². The lowest BCUT2D eigenvalue weighted by Gasteiger charge is -2.09. The molecule has 1 aliphatic rings. The van der Waals surface area contributed by atoms with Gasteiger partial charge in [0.2, 0.25) is 0 Å². The van der Waals surface area contributed by atoms with Crippen molar-refractivity contribution in [2.45, 2.75) is 46.5 Å². The molecule has 0 aromatic carbocycles. The van der Waals surface area contributed by atoms with Gasteiger partial charge in [0.1, 0.15) is 5.82 Å². The zero-order valence-electron chi connectivity index (χ0n) is 8.61. The van der Waals surface area contributed by atoms with Crippen LogP contribution in [-0.2, 0) is 12.8 Å². The van der Waals surface area contributed by atoms with Crippen LogP contribution in [0.1, 0.15) is 42.0 Å². The summed E-state index contributed by atoms with van der Waals surface area (Å²) in [6.45, 7) is 5.87. The van der Waals surface area contributed by atoms with E-state index in [0.29, 0.717) is 0 Å². The molecule has 0 fully saturated rings. The lowest BCUT2D eigenvalue weighted by molar-refractivity contribution is 0.585. The van der Waals surface area contributed by atoms with E-state index < -0.39 is 0 Å². The smallest absolute Gasteiger partial charge is 0.140 e. The van der Waals surface area contributed by atoms with Gasteiger partial charge in [-0.15, -0.1) is 11.3 Å². The number of hydrogen-bond donors (Lipinski definition) is 0. The summed E-state index contributed by atoms with van der Waals surface area (Å²) >= 11 is 1.64. The van der Waals surface area contributed by atoms with Crippen LogP contribution in [0.25, 0.3) is 0 Å². The van der Waals surface area contributed by atoms with E-state index in [1.165, 1.54) is 17.7 Å². The summed E-state index contributed by atoms with van der Waals surface area (Å²) in [5, 5.41) is 0. The van der Waals surface area contributed by atoms with Crippen LogP contribution in [0, 0.1) is 12.7 Å². The molecule has 0 saturated carbocycles. The fraction of sp³-hybridized carbons (Fsp3) is 0.636. The summed E-state index contributed by atoms with van der Waals surface area (Å²) in [6.07, 6.45) is 4.47. The van der Waals surface area contributed by atoms with Crippen molar-refractivity contribution >= 4 is 11.3 Å². The number of halogens is 1. The van der Waals surface area contributed by atoms with Gasteiger partial charge in [-0.05, 0) is 32.6 Å². The van der Waals surface area contributed by atoms with Gasteiger partial charge in [0.15, 0.2) is 0 Å². The van der Waals surface area contributed by atoms with E-state index in [2.05, 4.69) is 0 Å². The number of fused-ring (bicyclic) bond motifs is 1. The highest BCUT2D eigenvalue weighted by Gasteiger charge is 2.17. The van der Waals surface area contributed by atoms with Gasteiger partial charge in [-0.25, -0.2) is 4.39 Å². The molecule has 2 heteroatoms. The molecule has 0 atom stereocenters. The van der Waals surface area contributed by atoms with Gasteiger partial charge in [-0.1, -0.05) is 13.8 Å². The third-order valence-electron chi connectivity index (χ3n) is 2.27. The Hall–Kier alpha value is -0.370. The van der Waals surface area contributed by atoms with Gasteiger partial charge in [-0.3, -0.25) is 0 Å². The lowest BCUT2D eigenvalue weighted by Crippen LogP contribution is -1.99. The average Bonchev–Trinajstić information content (AvgIpc) is 2.47. The summed E-state index contributed by atoms with van der Waals surface area (Å²) < 4.78 is 13.3. The first kappa shape index (κ1) is 10.7. The molecule has 74 valence electrons. The summed E-state index contributed by atoms with van der Waals surface area (Å²) in [5.41, 5.74) is 1.01. The molecule has 2 rings (SSSR count).